The number of rotatable bonds is 5. The van der Waals surface area contributed by atoms with Crippen molar-refractivity contribution in [3.05, 3.63) is 63.6 Å². The Bertz CT molecular complexity index is 694. The average Bonchev–Trinajstić information content (AvgIpc) is 2.93. The Balaban J connectivity index is 1.98. The van der Waals surface area contributed by atoms with E-state index in [9.17, 15) is 14.0 Å². The van der Waals surface area contributed by atoms with Gasteiger partial charge in [0.15, 0.2) is 0 Å². The van der Waals surface area contributed by atoms with Gasteiger partial charge >= 0.3 is 5.97 Å². The molecular weight excluding hydrogens is 293 g/mol. The predicted octanol–water partition coefficient (Wildman–Crippen LogP) is 2.92. The third-order valence-electron chi connectivity index (χ3n) is 2.64. The highest BCUT2D eigenvalue weighted by molar-refractivity contribution is 7.14. The van der Waals surface area contributed by atoms with E-state index in [1.807, 2.05) is 0 Å². The lowest BCUT2D eigenvalue weighted by Gasteiger charge is -2.04. The first-order chi connectivity index (χ1) is 10.1. The van der Waals surface area contributed by atoms with E-state index < -0.39 is 5.97 Å². The van der Waals surface area contributed by atoms with E-state index in [4.69, 9.17) is 5.11 Å². The highest BCUT2D eigenvalue weighted by Gasteiger charge is 2.09. The molecule has 2 N–H and O–H groups in total. The van der Waals surface area contributed by atoms with Crippen molar-refractivity contribution in [2.24, 2.45) is 0 Å². The third kappa shape index (κ3) is 4.25. The number of carbonyl (C=O) groups excluding carboxylic acids is 1. The number of benzene rings is 1. The van der Waals surface area contributed by atoms with Crippen LogP contribution in [0.5, 0.6) is 0 Å². The number of carboxylic acid groups (broad SMARTS) is 1. The van der Waals surface area contributed by atoms with Gasteiger partial charge in [-0.25, -0.2) is 9.18 Å². The van der Waals surface area contributed by atoms with Crippen LogP contribution in [0.4, 0.5) is 4.39 Å². The molecule has 1 aromatic carbocycles. The summed E-state index contributed by atoms with van der Waals surface area (Å²) in [6.45, 7) is 0.101. The third-order valence-corrected chi connectivity index (χ3v) is 3.69. The van der Waals surface area contributed by atoms with Gasteiger partial charge in [0.05, 0.1) is 4.88 Å². The van der Waals surface area contributed by atoms with Crippen molar-refractivity contribution in [2.75, 3.05) is 0 Å². The number of aliphatic carboxylic acids is 1. The van der Waals surface area contributed by atoms with Crippen LogP contribution in [0.2, 0.25) is 0 Å². The second-order valence-electron chi connectivity index (χ2n) is 4.15. The van der Waals surface area contributed by atoms with Crippen molar-refractivity contribution < 1.29 is 19.1 Å². The van der Waals surface area contributed by atoms with Gasteiger partial charge in [0.25, 0.3) is 5.91 Å². The first kappa shape index (κ1) is 14.9. The maximum Gasteiger partial charge on any atom is 0.328 e. The lowest BCUT2D eigenvalue weighted by atomic mass is 10.2. The number of halogens is 1. The van der Waals surface area contributed by atoms with Crippen molar-refractivity contribution in [3.8, 4) is 0 Å². The molecule has 0 aliphatic rings. The van der Waals surface area contributed by atoms with Crippen molar-refractivity contribution in [2.45, 2.75) is 6.54 Å². The van der Waals surface area contributed by atoms with E-state index >= 15 is 0 Å². The van der Waals surface area contributed by atoms with E-state index in [1.165, 1.54) is 23.5 Å². The fraction of sp³-hybridized carbons (Fsp3) is 0.0667. The van der Waals surface area contributed by atoms with E-state index in [1.54, 1.807) is 30.3 Å². The summed E-state index contributed by atoms with van der Waals surface area (Å²) < 4.78 is 13.4. The van der Waals surface area contributed by atoms with Crippen molar-refractivity contribution >= 4 is 29.3 Å². The van der Waals surface area contributed by atoms with Gasteiger partial charge in [0, 0.05) is 23.1 Å². The van der Waals surface area contributed by atoms with Crippen LogP contribution in [-0.2, 0) is 11.3 Å². The first-order valence-electron chi connectivity index (χ1n) is 6.08. The monoisotopic (exact) mass is 305 g/mol. The molecule has 0 spiro atoms. The van der Waals surface area contributed by atoms with E-state index in [-0.39, 0.29) is 18.3 Å². The largest absolute Gasteiger partial charge is 0.478 e. The minimum atomic E-state index is -1.05. The summed E-state index contributed by atoms with van der Waals surface area (Å²) in [7, 11) is 0. The molecule has 0 aliphatic heterocycles. The number of amides is 1. The summed E-state index contributed by atoms with van der Waals surface area (Å²) in [4.78, 5) is 23.4. The molecule has 21 heavy (non-hydrogen) atoms. The zero-order chi connectivity index (χ0) is 15.2. The quantitative estimate of drug-likeness (QED) is 0.835. The van der Waals surface area contributed by atoms with Crippen molar-refractivity contribution in [1.82, 2.24) is 5.32 Å². The molecule has 0 bridgehead atoms. The fourth-order valence-electron chi connectivity index (χ4n) is 1.62. The Labute approximate surface area is 124 Å². The smallest absolute Gasteiger partial charge is 0.328 e. The van der Waals surface area contributed by atoms with Crippen molar-refractivity contribution in [3.63, 3.8) is 0 Å². The number of carboxylic acids is 1. The molecule has 1 amide bonds. The number of hydrogen-bond acceptors (Lipinski definition) is 3. The number of carbonyl (C=O) groups is 2. The average molecular weight is 305 g/mol. The standard InChI is InChI=1S/C15H12FNO3S/c16-12-4-2-1-3-10(12)9-17-15(20)13-7-5-11(21-13)6-8-14(18)19/h1-8H,9H2,(H,17,20)(H,18,19). The van der Waals surface area contributed by atoms with Gasteiger partial charge in [0.1, 0.15) is 5.82 Å². The Kier molecular flexibility index (Phi) is 4.84. The highest BCUT2D eigenvalue weighted by Crippen LogP contribution is 2.18. The van der Waals surface area contributed by atoms with Crippen LogP contribution in [0.25, 0.3) is 6.08 Å². The summed E-state index contributed by atoms with van der Waals surface area (Å²) >= 11 is 1.17. The maximum atomic E-state index is 13.4. The van der Waals surface area contributed by atoms with Gasteiger partial charge in [0.2, 0.25) is 0 Å². The molecule has 1 heterocycles. The zero-order valence-corrected chi connectivity index (χ0v) is 11.7. The molecule has 108 valence electrons. The van der Waals surface area contributed by atoms with Crippen LogP contribution < -0.4 is 5.32 Å². The number of nitrogens with one attached hydrogen (secondary N) is 1. The molecular formula is C15H12FNO3S. The van der Waals surface area contributed by atoms with Crippen LogP contribution in [0.1, 0.15) is 20.1 Å². The zero-order valence-electron chi connectivity index (χ0n) is 10.9. The fourth-order valence-corrected chi connectivity index (χ4v) is 2.45. The normalized spacial score (nSPS) is 10.7. The molecule has 2 rings (SSSR count). The summed E-state index contributed by atoms with van der Waals surface area (Å²) in [5, 5.41) is 11.2. The van der Waals surface area contributed by atoms with Gasteiger partial charge in [-0.05, 0) is 24.3 Å². The molecule has 0 atom stereocenters. The molecule has 0 fully saturated rings. The Morgan fingerprint density at radius 1 is 1.24 bits per heavy atom. The van der Waals surface area contributed by atoms with Crippen LogP contribution in [0.3, 0.4) is 0 Å². The van der Waals surface area contributed by atoms with Gasteiger partial charge in [-0.2, -0.15) is 0 Å². The summed E-state index contributed by atoms with van der Waals surface area (Å²) in [5.74, 6) is -1.73. The van der Waals surface area contributed by atoms with Crippen LogP contribution in [-0.4, -0.2) is 17.0 Å². The van der Waals surface area contributed by atoms with E-state index in [2.05, 4.69) is 5.32 Å². The summed E-state index contributed by atoms with van der Waals surface area (Å²) in [5.41, 5.74) is 0.411. The van der Waals surface area contributed by atoms with Crippen molar-refractivity contribution in [1.29, 1.82) is 0 Å². The minimum Gasteiger partial charge on any atom is -0.478 e. The van der Waals surface area contributed by atoms with Gasteiger partial charge in [-0.3, -0.25) is 4.79 Å². The summed E-state index contributed by atoms with van der Waals surface area (Å²) in [6.07, 6.45) is 2.42. The first-order valence-corrected chi connectivity index (χ1v) is 6.90. The van der Waals surface area contributed by atoms with Gasteiger partial charge in [-0.15, -0.1) is 11.3 Å². The number of thiophene rings is 1. The second kappa shape index (κ2) is 6.81. The van der Waals surface area contributed by atoms with E-state index in [0.717, 1.165) is 6.08 Å². The number of hydrogen-bond donors (Lipinski definition) is 2. The van der Waals surface area contributed by atoms with Gasteiger partial charge in [-0.1, -0.05) is 18.2 Å². The lowest BCUT2D eigenvalue weighted by molar-refractivity contribution is -0.131. The molecule has 0 aliphatic carbocycles. The SMILES string of the molecule is O=C(O)C=Cc1ccc(C(=O)NCc2ccccc2F)s1. The van der Waals surface area contributed by atoms with Crippen LogP contribution >= 0.6 is 11.3 Å². The molecule has 0 saturated carbocycles. The Morgan fingerprint density at radius 3 is 2.71 bits per heavy atom. The Morgan fingerprint density at radius 2 is 2.00 bits per heavy atom. The minimum absolute atomic E-state index is 0.101. The van der Waals surface area contributed by atoms with Crippen LogP contribution in [0, 0.1) is 5.82 Å². The maximum absolute atomic E-state index is 13.4. The highest BCUT2D eigenvalue weighted by atomic mass is 32.1. The summed E-state index contributed by atoms with van der Waals surface area (Å²) in [6, 6.07) is 9.48. The molecule has 2 aromatic rings. The van der Waals surface area contributed by atoms with Crippen LogP contribution in [0.15, 0.2) is 42.5 Å². The molecule has 1 aromatic heterocycles. The lowest BCUT2D eigenvalue weighted by Crippen LogP contribution is -2.22. The Hall–Kier alpha value is -2.47. The molecule has 0 saturated heterocycles. The predicted molar refractivity (Wildman–Crippen MR) is 78.6 cm³/mol. The molecule has 0 radical (unpaired) electrons. The molecule has 0 unspecified atom stereocenters. The molecule has 4 nitrogen and oxygen atoms in total. The van der Waals surface area contributed by atoms with E-state index in [0.29, 0.717) is 15.3 Å². The second-order valence-corrected chi connectivity index (χ2v) is 5.26. The van der Waals surface area contributed by atoms with Gasteiger partial charge < -0.3 is 10.4 Å². The topological polar surface area (TPSA) is 66.4 Å². The molecule has 6 heteroatoms.